The van der Waals surface area contributed by atoms with Crippen molar-refractivity contribution in [2.45, 2.75) is 38.5 Å². The van der Waals surface area contributed by atoms with Crippen LogP contribution >= 0.6 is 11.6 Å². The van der Waals surface area contributed by atoms with E-state index in [2.05, 4.69) is 4.90 Å². The van der Waals surface area contributed by atoms with Gasteiger partial charge >= 0.3 is 0 Å². The fourth-order valence-electron chi connectivity index (χ4n) is 3.78. The second-order valence-corrected chi connectivity index (χ2v) is 6.68. The monoisotopic (exact) mass is 291 g/mol. The minimum atomic E-state index is 0.0325. The number of hydrogen-bond acceptors (Lipinski definition) is 2. The molecule has 3 N–H and O–H groups in total. The second-order valence-electron chi connectivity index (χ2n) is 6.27. The quantitative estimate of drug-likeness (QED) is 0.643. The van der Waals surface area contributed by atoms with Crippen molar-refractivity contribution in [2.75, 3.05) is 18.0 Å². The Bertz CT molecular complexity index is 510. The number of nitrogens with two attached hydrogens (primary N) is 1. The molecule has 1 heterocycles. The number of hydrogen-bond donors (Lipinski definition) is 2. The summed E-state index contributed by atoms with van der Waals surface area (Å²) in [7, 11) is 0. The molecule has 2 aliphatic rings. The summed E-state index contributed by atoms with van der Waals surface area (Å²) in [6.07, 6.45) is 8.28. The Morgan fingerprint density at radius 1 is 1.15 bits per heavy atom. The zero-order chi connectivity index (χ0) is 14.2. The molecule has 1 spiro atoms. The summed E-state index contributed by atoms with van der Waals surface area (Å²) in [4.78, 5) is 2.42. The summed E-state index contributed by atoms with van der Waals surface area (Å²) in [6, 6.07) is 5.85. The van der Waals surface area contributed by atoms with E-state index in [0.29, 0.717) is 16.0 Å². The first-order valence-electron chi connectivity index (χ1n) is 7.49. The number of amidine groups is 1. The van der Waals surface area contributed by atoms with Gasteiger partial charge in [-0.2, -0.15) is 0 Å². The van der Waals surface area contributed by atoms with Gasteiger partial charge in [-0.15, -0.1) is 0 Å². The summed E-state index contributed by atoms with van der Waals surface area (Å²) in [5, 5.41) is 8.06. The van der Waals surface area contributed by atoms with Gasteiger partial charge in [0.2, 0.25) is 0 Å². The lowest BCUT2D eigenvalue weighted by atomic mass is 9.77. The molecule has 20 heavy (non-hydrogen) atoms. The van der Waals surface area contributed by atoms with E-state index in [1.54, 1.807) is 0 Å². The molecule has 1 aromatic rings. The van der Waals surface area contributed by atoms with Gasteiger partial charge in [-0.1, -0.05) is 24.4 Å². The van der Waals surface area contributed by atoms with Crippen LogP contribution in [0.25, 0.3) is 0 Å². The number of nitrogens with zero attached hydrogens (tertiary/aromatic N) is 1. The van der Waals surface area contributed by atoms with Gasteiger partial charge < -0.3 is 10.6 Å². The Kier molecular flexibility index (Phi) is 3.63. The minimum Gasteiger partial charge on any atom is -0.384 e. The largest absolute Gasteiger partial charge is 0.384 e. The van der Waals surface area contributed by atoms with Crippen LogP contribution in [0.4, 0.5) is 5.69 Å². The van der Waals surface area contributed by atoms with E-state index in [1.165, 1.54) is 38.5 Å². The lowest BCUT2D eigenvalue weighted by Gasteiger charge is -2.40. The van der Waals surface area contributed by atoms with Crippen molar-refractivity contribution in [3.63, 3.8) is 0 Å². The average Bonchev–Trinajstić information content (AvgIpc) is 2.87. The van der Waals surface area contributed by atoms with Gasteiger partial charge in [0.1, 0.15) is 5.84 Å². The molecule has 0 amide bonds. The molecule has 108 valence electrons. The molecule has 3 rings (SSSR count). The third kappa shape index (κ3) is 2.51. The third-order valence-corrected chi connectivity index (χ3v) is 5.41. The van der Waals surface area contributed by atoms with Crippen LogP contribution in [0.5, 0.6) is 0 Å². The van der Waals surface area contributed by atoms with Crippen LogP contribution in [0.3, 0.4) is 0 Å². The topological polar surface area (TPSA) is 53.1 Å². The number of piperidine rings is 1. The van der Waals surface area contributed by atoms with Gasteiger partial charge in [0.15, 0.2) is 0 Å². The standard InChI is InChI=1S/C16H22ClN3/c17-14-11-12(3-4-13(14)15(18)19)20-9-7-16(8-10-20)5-1-2-6-16/h3-4,11H,1-2,5-10H2,(H3,18,19). The molecule has 0 unspecified atom stereocenters. The molecule has 0 atom stereocenters. The highest BCUT2D eigenvalue weighted by atomic mass is 35.5. The first-order chi connectivity index (χ1) is 9.60. The molecular weight excluding hydrogens is 270 g/mol. The Labute approximate surface area is 125 Å². The molecule has 1 saturated heterocycles. The van der Waals surface area contributed by atoms with Gasteiger partial charge in [-0.3, -0.25) is 5.41 Å². The van der Waals surface area contributed by atoms with E-state index in [1.807, 2.05) is 18.2 Å². The van der Waals surface area contributed by atoms with Crippen LogP contribution < -0.4 is 10.6 Å². The lowest BCUT2D eigenvalue weighted by Crippen LogP contribution is -2.38. The molecule has 1 aliphatic carbocycles. The van der Waals surface area contributed by atoms with Gasteiger partial charge in [-0.25, -0.2) is 0 Å². The number of benzene rings is 1. The zero-order valence-electron chi connectivity index (χ0n) is 11.8. The molecule has 1 aliphatic heterocycles. The van der Waals surface area contributed by atoms with E-state index in [4.69, 9.17) is 22.7 Å². The normalized spacial score (nSPS) is 21.4. The maximum atomic E-state index is 7.48. The van der Waals surface area contributed by atoms with Crippen LogP contribution in [0.1, 0.15) is 44.1 Å². The fourth-order valence-corrected chi connectivity index (χ4v) is 4.06. The smallest absolute Gasteiger partial charge is 0.124 e. The maximum absolute atomic E-state index is 7.48. The van der Waals surface area contributed by atoms with Gasteiger partial charge in [0, 0.05) is 24.3 Å². The minimum absolute atomic E-state index is 0.0325. The molecule has 0 bridgehead atoms. The van der Waals surface area contributed by atoms with E-state index in [9.17, 15) is 0 Å². The molecule has 1 aromatic carbocycles. The highest BCUT2D eigenvalue weighted by molar-refractivity contribution is 6.34. The van der Waals surface area contributed by atoms with E-state index in [-0.39, 0.29) is 5.84 Å². The van der Waals surface area contributed by atoms with Crippen molar-refractivity contribution in [1.29, 1.82) is 5.41 Å². The molecule has 0 aromatic heterocycles. The molecule has 3 nitrogen and oxygen atoms in total. The maximum Gasteiger partial charge on any atom is 0.124 e. The van der Waals surface area contributed by atoms with E-state index >= 15 is 0 Å². The van der Waals surface area contributed by atoms with Crippen LogP contribution in [-0.2, 0) is 0 Å². The second kappa shape index (κ2) is 5.28. The average molecular weight is 292 g/mol. The fraction of sp³-hybridized carbons (Fsp3) is 0.562. The number of rotatable bonds is 2. The Morgan fingerprint density at radius 2 is 1.80 bits per heavy atom. The first-order valence-corrected chi connectivity index (χ1v) is 7.86. The SMILES string of the molecule is N=C(N)c1ccc(N2CCC3(CCCC3)CC2)cc1Cl. The van der Waals surface area contributed by atoms with Gasteiger partial charge in [-0.05, 0) is 49.3 Å². The van der Waals surface area contributed by atoms with Gasteiger partial charge in [0.25, 0.3) is 0 Å². The predicted molar refractivity (Wildman–Crippen MR) is 84.8 cm³/mol. The van der Waals surface area contributed by atoms with Crippen molar-refractivity contribution in [3.8, 4) is 0 Å². The van der Waals surface area contributed by atoms with Crippen LogP contribution in [0, 0.1) is 10.8 Å². The van der Waals surface area contributed by atoms with Crippen molar-refractivity contribution in [3.05, 3.63) is 28.8 Å². The lowest BCUT2D eigenvalue weighted by molar-refractivity contribution is 0.226. The Balaban J connectivity index is 1.72. The van der Waals surface area contributed by atoms with Crippen LogP contribution in [0.2, 0.25) is 5.02 Å². The molecule has 4 heteroatoms. The summed E-state index contributed by atoms with van der Waals surface area (Å²) < 4.78 is 0. The Morgan fingerprint density at radius 3 is 2.35 bits per heavy atom. The van der Waals surface area contributed by atoms with Gasteiger partial charge in [0.05, 0.1) is 5.02 Å². The van der Waals surface area contributed by atoms with Crippen LogP contribution in [0.15, 0.2) is 18.2 Å². The number of nitrogen functional groups attached to an aromatic ring is 1. The number of nitrogens with one attached hydrogen (secondary N) is 1. The number of anilines is 1. The van der Waals surface area contributed by atoms with Crippen molar-refractivity contribution >= 4 is 23.1 Å². The highest BCUT2D eigenvalue weighted by Crippen LogP contribution is 2.46. The van der Waals surface area contributed by atoms with Crippen LogP contribution in [-0.4, -0.2) is 18.9 Å². The summed E-state index contributed by atoms with van der Waals surface area (Å²) in [5.74, 6) is 0.0325. The molecule has 0 radical (unpaired) electrons. The molecule has 2 fully saturated rings. The van der Waals surface area contributed by atoms with E-state index in [0.717, 1.165) is 18.8 Å². The predicted octanol–water partition coefficient (Wildman–Crippen LogP) is 3.78. The first kappa shape index (κ1) is 13.7. The van der Waals surface area contributed by atoms with Crippen molar-refractivity contribution < 1.29 is 0 Å². The summed E-state index contributed by atoms with van der Waals surface area (Å²) in [5.41, 5.74) is 7.93. The summed E-state index contributed by atoms with van der Waals surface area (Å²) in [6.45, 7) is 2.24. The van der Waals surface area contributed by atoms with E-state index < -0.39 is 0 Å². The highest BCUT2D eigenvalue weighted by Gasteiger charge is 2.36. The summed E-state index contributed by atoms with van der Waals surface area (Å²) >= 11 is 6.22. The zero-order valence-corrected chi connectivity index (χ0v) is 12.5. The number of halogens is 1. The van der Waals surface area contributed by atoms with Crippen molar-refractivity contribution in [2.24, 2.45) is 11.1 Å². The molecular formula is C16H22ClN3. The molecule has 1 saturated carbocycles. The third-order valence-electron chi connectivity index (χ3n) is 5.10. The van der Waals surface area contributed by atoms with Crippen molar-refractivity contribution in [1.82, 2.24) is 0 Å². The Hall–Kier alpha value is -1.22.